The second kappa shape index (κ2) is 8.83. The monoisotopic (exact) mass is 285 g/mol. The molecule has 1 heterocycles. The lowest BCUT2D eigenvalue weighted by molar-refractivity contribution is -0.268. The van der Waals surface area contributed by atoms with Crippen LogP contribution < -0.4 is 0 Å². The van der Waals surface area contributed by atoms with Gasteiger partial charge in [-0.3, -0.25) is 14.4 Å². The number of rotatable bonds is 9. The van der Waals surface area contributed by atoms with E-state index in [4.69, 9.17) is 9.54 Å². The zero-order chi connectivity index (χ0) is 15.0. The van der Waals surface area contributed by atoms with Gasteiger partial charge < -0.3 is 4.65 Å². The summed E-state index contributed by atoms with van der Waals surface area (Å²) < 4.78 is 5.48. The van der Waals surface area contributed by atoms with Crippen LogP contribution in [-0.2, 0) is 28.8 Å². The zero-order valence-corrected chi connectivity index (χ0v) is 11.9. The van der Waals surface area contributed by atoms with Gasteiger partial charge in [0, 0.05) is 25.9 Å². The van der Waals surface area contributed by atoms with E-state index in [9.17, 15) is 14.4 Å². The van der Waals surface area contributed by atoms with Crippen LogP contribution in [0.4, 0.5) is 0 Å². The Bertz CT molecular complexity index is 346. The third-order valence-electron chi connectivity index (χ3n) is 2.96. The van der Waals surface area contributed by atoms with Crippen LogP contribution in [0.5, 0.6) is 0 Å². The van der Waals surface area contributed by atoms with Crippen molar-refractivity contribution in [3.05, 3.63) is 0 Å². The quantitative estimate of drug-likeness (QED) is 0.203. The van der Waals surface area contributed by atoms with Crippen LogP contribution in [0.25, 0.3) is 0 Å². The molecule has 1 aliphatic heterocycles. The van der Waals surface area contributed by atoms with Crippen molar-refractivity contribution in [1.29, 1.82) is 0 Å². The fraction of sp³-hybridized carbons (Fsp3) is 0.750. The lowest BCUT2D eigenvalue weighted by atomic mass is 9.68. The third-order valence-corrected chi connectivity index (χ3v) is 2.96. The van der Waals surface area contributed by atoms with Crippen LogP contribution in [0.2, 0.25) is 13.1 Å². The molecule has 0 unspecified atom stereocenters. The Kier molecular flexibility index (Phi) is 7.42. The second-order valence-electron chi connectivity index (χ2n) is 4.58. The minimum atomic E-state index is -0.434. The van der Waals surface area contributed by atoms with Gasteiger partial charge in [-0.2, -0.15) is 0 Å². The highest BCUT2D eigenvalue weighted by atomic mass is 17.2. The Morgan fingerprint density at radius 3 is 2.50 bits per heavy atom. The van der Waals surface area contributed by atoms with E-state index in [1.807, 2.05) is 6.82 Å². The molecule has 0 aromatic carbocycles. The fourth-order valence-electron chi connectivity index (χ4n) is 1.86. The number of hydrogen-bond acceptors (Lipinski definition) is 6. The first kappa shape index (κ1) is 16.8. The highest BCUT2D eigenvalue weighted by Crippen LogP contribution is 2.13. The molecule has 0 atom stereocenters. The summed E-state index contributed by atoms with van der Waals surface area (Å²) in [5.74, 6) is -1.23. The van der Waals surface area contributed by atoms with E-state index in [2.05, 4.69) is 4.89 Å². The molecule has 1 saturated heterocycles. The average molecular weight is 285 g/mol. The van der Waals surface area contributed by atoms with Crippen molar-refractivity contribution in [2.45, 2.75) is 38.8 Å². The highest BCUT2D eigenvalue weighted by molar-refractivity contribution is 6.50. The molecule has 0 saturated carbocycles. The van der Waals surface area contributed by atoms with Crippen molar-refractivity contribution in [3.63, 3.8) is 0 Å². The summed E-state index contributed by atoms with van der Waals surface area (Å²) in [6, 6.07) is 0. The van der Waals surface area contributed by atoms with Gasteiger partial charge in [0.1, 0.15) is 0 Å². The van der Waals surface area contributed by atoms with Gasteiger partial charge in [-0.25, -0.2) is 14.7 Å². The standard InChI is InChI=1S/C12H20BNO6/c1-13(7-9-20-18-2)19-8-3-4-10(15)14-11(16)5-6-12(14)17/h3-9H2,1-2H3. The highest BCUT2D eigenvalue weighted by Gasteiger charge is 2.33. The molecule has 3 amide bonds. The van der Waals surface area contributed by atoms with Crippen molar-refractivity contribution in [1.82, 2.24) is 4.90 Å². The van der Waals surface area contributed by atoms with Crippen LogP contribution in [0.15, 0.2) is 0 Å². The van der Waals surface area contributed by atoms with Crippen molar-refractivity contribution in [3.8, 4) is 0 Å². The molecule has 7 nitrogen and oxygen atoms in total. The van der Waals surface area contributed by atoms with Crippen molar-refractivity contribution in [2.24, 2.45) is 0 Å². The van der Waals surface area contributed by atoms with E-state index < -0.39 is 17.7 Å². The lowest BCUT2D eigenvalue weighted by Gasteiger charge is -2.12. The second-order valence-corrected chi connectivity index (χ2v) is 4.58. The van der Waals surface area contributed by atoms with Gasteiger partial charge in [-0.15, -0.1) is 0 Å². The minimum Gasteiger partial charge on any atom is -0.436 e. The van der Waals surface area contributed by atoms with Gasteiger partial charge in [0.25, 0.3) is 6.92 Å². The summed E-state index contributed by atoms with van der Waals surface area (Å²) in [7, 11) is 1.44. The smallest absolute Gasteiger partial charge is 0.292 e. The summed E-state index contributed by atoms with van der Waals surface area (Å²) in [5, 5.41) is 0. The number of carbonyl (C=O) groups is 3. The van der Waals surface area contributed by atoms with Crippen LogP contribution in [0, 0.1) is 0 Å². The molecule has 0 aromatic rings. The molecule has 1 rings (SSSR count). The van der Waals surface area contributed by atoms with E-state index >= 15 is 0 Å². The lowest BCUT2D eigenvalue weighted by Crippen LogP contribution is -2.35. The first-order chi connectivity index (χ1) is 9.56. The number of amides is 3. The van der Waals surface area contributed by atoms with Gasteiger partial charge in [-0.1, -0.05) is 6.82 Å². The molecule has 0 aromatic heterocycles. The number of hydrogen-bond donors (Lipinski definition) is 0. The molecule has 0 N–H and O–H groups in total. The summed E-state index contributed by atoms with van der Waals surface area (Å²) in [4.78, 5) is 44.3. The Labute approximate surface area is 118 Å². The maximum atomic E-state index is 11.7. The summed E-state index contributed by atoms with van der Waals surface area (Å²) >= 11 is 0. The molecule has 8 heteroatoms. The molecule has 20 heavy (non-hydrogen) atoms. The van der Waals surface area contributed by atoms with E-state index in [1.54, 1.807) is 0 Å². The summed E-state index contributed by atoms with van der Waals surface area (Å²) in [5.41, 5.74) is 0. The Hall–Kier alpha value is -1.25. The molecule has 0 bridgehead atoms. The van der Waals surface area contributed by atoms with Crippen molar-refractivity contribution in [2.75, 3.05) is 20.3 Å². The molecular formula is C12H20BNO6. The van der Waals surface area contributed by atoms with Gasteiger partial charge >= 0.3 is 0 Å². The average Bonchev–Trinajstić information content (AvgIpc) is 2.74. The molecule has 0 radical (unpaired) electrons. The molecular weight excluding hydrogens is 265 g/mol. The molecule has 0 spiro atoms. The Balaban J connectivity index is 2.13. The van der Waals surface area contributed by atoms with Gasteiger partial charge in [0.05, 0.1) is 13.7 Å². The van der Waals surface area contributed by atoms with E-state index in [0.29, 0.717) is 26.0 Å². The Morgan fingerprint density at radius 1 is 1.25 bits per heavy atom. The zero-order valence-electron chi connectivity index (χ0n) is 11.9. The Morgan fingerprint density at radius 2 is 1.90 bits per heavy atom. The molecule has 112 valence electrons. The van der Waals surface area contributed by atoms with Crippen LogP contribution in [0.3, 0.4) is 0 Å². The normalized spacial score (nSPS) is 15.0. The largest absolute Gasteiger partial charge is 0.436 e. The van der Waals surface area contributed by atoms with Gasteiger partial charge in [0.2, 0.25) is 17.7 Å². The summed E-state index contributed by atoms with van der Waals surface area (Å²) in [6.07, 6.45) is 1.57. The number of imide groups is 3. The van der Waals surface area contributed by atoms with Crippen LogP contribution >= 0.6 is 0 Å². The molecule has 0 aliphatic carbocycles. The predicted molar refractivity (Wildman–Crippen MR) is 70.7 cm³/mol. The van der Waals surface area contributed by atoms with Gasteiger partial charge in [-0.05, 0) is 12.7 Å². The van der Waals surface area contributed by atoms with E-state index in [1.165, 1.54) is 7.11 Å². The topological polar surface area (TPSA) is 82.1 Å². The van der Waals surface area contributed by atoms with E-state index in [0.717, 1.165) is 4.90 Å². The number of likely N-dealkylation sites (tertiary alicyclic amines) is 1. The van der Waals surface area contributed by atoms with Crippen molar-refractivity contribution < 1.29 is 28.8 Å². The van der Waals surface area contributed by atoms with Crippen LogP contribution in [-0.4, -0.2) is 49.9 Å². The third kappa shape index (κ3) is 5.40. The number of nitrogens with zero attached hydrogens (tertiary/aromatic N) is 1. The first-order valence-corrected chi connectivity index (χ1v) is 6.72. The molecule has 1 fully saturated rings. The number of carbonyl (C=O) groups excluding carboxylic acids is 3. The maximum Gasteiger partial charge on any atom is 0.292 e. The SMILES string of the molecule is COOCCB(C)OCCCC(=O)N1C(=O)CCC1=O. The van der Waals surface area contributed by atoms with Crippen LogP contribution in [0.1, 0.15) is 25.7 Å². The summed E-state index contributed by atoms with van der Waals surface area (Å²) in [6.45, 7) is 2.73. The maximum absolute atomic E-state index is 11.7. The predicted octanol–water partition coefficient (Wildman–Crippen LogP) is 0.658. The van der Waals surface area contributed by atoms with Crippen molar-refractivity contribution >= 4 is 24.6 Å². The van der Waals surface area contributed by atoms with Gasteiger partial charge in [0.15, 0.2) is 0 Å². The minimum absolute atomic E-state index is 0.00435. The molecule has 1 aliphatic rings. The van der Waals surface area contributed by atoms with E-state index in [-0.39, 0.29) is 26.2 Å². The first-order valence-electron chi connectivity index (χ1n) is 6.72. The fourth-order valence-corrected chi connectivity index (χ4v) is 1.86.